The van der Waals surface area contributed by atoms with Crippen LogP contribution in [0, 0.1) is 0 Å². The van der Waals surface area contributed by atoms with E-state index in [4.69, 9.17) is 10.7 Å². The van der Waals surface area contributed by atoms with Crippen molar-refractivity contribution < 1.29 is 0 Å². The fraction of sp³-hybridized carbons (Fsp3) is 0.292. The second-order valence-corrected chi connectivity index (χ2v) is 8.62. The van der Waals surface area contributed by atoms with Gasteiger partial charge >= 0.3 is 0 Å². The molecule has 8 heteroatoms. The molecule has 0 atom stereocenters. The van der Waals surface area contributed by atoms with Crippen molar-refractivity contribution in [1.29, 1.82) is 0 Å². The van der Waals surface area contributed by atoms with Gasteiger partial charge in [-0.3, -0.25) is 4.99 Å². The summed E-state index contributed by atoms with van der Waals surface area (Å²) < 4.78 is 2.32. The maximum atomic E-state index is 5.98. The zero-order valence-electron chi connectivity index (χ0n) is 18.1. The first kappa shape index (κ1) is 22.0. The molecule has 4 N–H and O–H groups in total. The molecule has 2 aromatic carbocycles. The molecule has 0 amide bonds. The van der Waals surface area contributed by atoms with Crippen molar-refractivity contribution in [1.82, 2.24) is 24.8 Å². The molecule has 0 radical (unpaired) electrons. The third kappa shape index (κ3) is 6.13. The second kappa shape index (κ2) is 11.4. The minimum atomic E-state index is 0.506. The molecule has 2 heterocycles. The van der Waals surface area contributed by atoms with Crippen molar-refractivity contribution in [2.75, 3.05) is 18.8 Å². The molecule has 0 unspecified atom stereocenters. The fourth-order valence-corrected chi connectivity index (χ4v) is 4.33. The van der Waals surface area contributed by atoms with Gasteiger partial charge in [-0.2, -0.15) is 11.8 Å². The summed E-state index contributed by atoms with van der Waals surface area (Å²) in [7, 11) is 0. The van der Waals surface area contributed by atoms with Crippen LogP contribution in [0.25, 0.3) is 11.0 Å². The van der Waals surface area contributed by atoms with E-state index in [1.54, 1.807) is 6.33 Å². The van der Waals surface area contributed by atoms with Crippen LogP contribution in [0.4, 0.5) is 0 Å². The number of aromatic nitrogens is 4. The van der Waals surface area contributed by atoms with Crippen LogP contribution in [0.2, 0.25) is 0 Å². The molecule has 4 rings (SSSR count). The monoisotopic (exact) mass is 447 g/mol. The van der Waals surface area contributed by atoms with Gasteiger partial charge in [0.1, 0.15) is 5.82 Å². The van der Waals surface area contributed by atoms with Crippen LogP contribution in [-0.4, -0.2) is 44.3 Å². The summed E-state index contributed by atoms with van der Waals surface area (Å²) in [5.41, 5.74) is 10.6. The molecule has 7 nitrogen and oxygen atoms in total. The molecule has 0 saturated carbocycles. The van der Waals surface area contributed by atoms with Gasteiger partial charge in [-0.05, 0) is 30.5 Å². The summed E-state index contributed by atoms with van der Waals surface area (Å²) in [5.74, 6) is 3.38. The first-order valence-corrected chi connectivity index (χ1v) is 12.0. The van der Waals surface area contributed by atoms with E-state index in [0.717, 1.165) is 54.5 Å². The zero-order chi connectivity index (χ0) is 22.0. The maximum Gasteiger partial charge on any atom is 0.188 e. The third-order valence-corrected chi connectivity index (χ3v) is 6.10. The van der Waals surface area contributed by atoms with E-state index in [9.17, 15) is 0 Å². The molecule has 0 bridgehead atoms. The van der Waals surface area contributed by atoms with E-state index in [2.05, 4.69) is 67.3 Å². The fourth-order valence-electron chi connectivity index (χ4n) is 3.54. The number of H-pyrrole nitrogens is 1. The number of nitrogens with two attached hydrogens (primary N) is 1. The molecule has 4 aromatic rings. The summed E-state index contributed by atoms with van der Waals surface area (Å²) in [6, 6.07) is 18.9. The standard InChI is InChI=1S/C24H29N7S/c25-24(27-12-6-9-20-15-26-18-29-20)28-13-14-32-17-23-30-21-10-4-5-11-22(21)31(23)16-19-7-2-1-3-8-19/h1-5,7-8,10-11,15,18H,6,9,12-14,16-17H2,(H,26,29)(H3,25,27,28). The molecule has 2 aromatic heterocycles. The second-order valence-electron chi connectivity index (χ2n) is 7.52. The highest BCUT2D eigenvalue weighted by atomic mass is 32.2. The summed E-state index contributed by atoms with van der Waals surface area (Å²) in [6.45, 7) is 2.31. The van der Waals surface area contributed by atoms with Gasteiger partial charge in [0.2, 0.25) is 0 Å². The van der Waals surface area contributed by atoms with Crippen LogP contribution < -0.4 is 11.1 Å². The number of guanidine groups is 1. The van der Waals surface area contributed by atoms with Crippen molar-refractivity contribution in [3.8, 4) is 0 Å². The number of benzene rings is 2. The first-order chi connectivity index (χ1) is 15.8. The molecule has 166 valence electrons. The van der Waals surface area contributed by atoms with Gasteiger partial charge in [0.25, 0.3) is 0 Å². The molecule has 0 aliphatic rings. The number of hydrogen-bond acceptors (Lipinski definition) is 4. The topological polar surface area (TPSA) is 96.9 Å². The van der Waals surface area contributed by atoms with Crippen molar-refractivity contribution in [3.05, 3.63) is 84.2 Å². The van der Waals surface area contributed by atoms with Gasteiger partial charge in [-0.1, -0.05) is 42.5 Å². The predicted molar refractivity (Wildman–Crippen MR) is 133 cm³/mol. The van der Waals surface area contributed by atoms with E-state index in [1.165, 1.54) is 11.1 Å². The largest absolute Gasteiger partial charge is 0.370 e. The van der Waals surface area contributed by atoms with E-state index in [1.807, 2.05) is 30.1 Å². The Hall–Kier alpha value is -3.26. The number of aryl methyl sites for hydroxylation is 1. The summed E-state index contributed by atoms with van der Waals surface area (Å²) in [5, 5.41) is 3.20. The number of aliphatic imine (C=N–C) groups is 1. The molecule has 0 aliphatic carbocycles. The SMILES string of the molecule is NC(=NCCCc1cnc[nH]1)NCCSCc1nc2ccccc2n1Cc1ccccc1. The van der Waals surface area contributed by atoms with E-state index < -0.39 is 0 Å². The lowest BCUT2D eigenvalue weighted by Crippen LogP contribution is -2.33. The van der Waals surface area contributed by atoms with Crippen LogP contribution in [-0.2, 0) is 18.7 Å². The minimum absolute atomic E-state index is 0.506. The van der Waals surface area contributed by atoms with Crippen molar-refractivity contribution >= 4 is 28.8 Å². The van der Waals surface area contributed by atoms with Crippen LogP contribution >= 0.6 is 11.8 Å². The molecule has 32 heavy (non-hydrogen) atoms. The number of hydrogen-bond donors (Lipinski definition) is 3. The van der Waals surface area contributed by atoms with Crippen LogP contribution in [0.5, 0.6) is 0 Å². The molecule has 0 saturated heterocycles. The summed E-state index contributed by atoms with van der Waals surface area (Å²) in [4.78, 5) is 16.4. The van der Waals surface area contributed by atoms with Crippen LogP contribution in [0.15, 0.2) is 72.1 Å². The predicted octanol–water partition coefficient (Wildman–Crippen LogP) is 3.58. The Kier molecular flexibility index (Phi) is 7.81. The number of aromatic amines is 1. The lowest BCUT2D eigenvalue weighted by molar-refractivity contribution is 0.780. The van der Waals surface area contributed by atoms with Crippen LogP contribution in [0.1, 0.15) is 23.5 Å². The first-order valence-electron chi connectivity index (χ1n) is 10.9. The molecule has 0 fully saturated rings. The van der Waals surface area contributed by atoms with Crippen molar-refractivity contribution in [2.24, 2.45) is 10.7 Å². The average molecular weight is 448 g/mol. The molecule has 0 aliphatic heterocycles. The Bertz CT molecular complexity index is 1120. The number of thioether (sulfide) groups is 1. The van der Waals surface area contributed by atoms with Crippen LogP contribution in [0.3, 0.4) is 0 Å². The molecular formula is C24H29N7S. The van der Waals surface area contributed by atoms with Crippen molar-refractivity contribution in [3.63, 3.8) is 0 Å². The number of fused-ring (bicyclic) bond motifs is 1. The zero-order valence-corrected chi connectivity index (χ0v) is 18.9. The van der Waals surface area contributed by atoms with E-state index in [0.29, 0.717) is 12.5 Å². The highest BCUT2D eigenvalue weighted by Crippen LogP contribution is 2.21. The quantitative estimate of drug-likeness (QED) is 0.186. The number of nitrogens with one attached hydrogen (secondary N) is 2. The third-order valence-electron chi connectivity index (χ3n) is 5.14. The molecular weight excluding hydrogens is 418 g/mol. The van der Waals surface area contributed by atoms with Gasteiger partial charge < -0.3 is 20.6 Å². The van der Waals surface area contributed by atoms with Crippen molar-refractivity contribution in [2.45, 2.75) is 25.1 Å². The number of rotatable bonds is 11. The Morgan fingerprint density at radius 3 is 2.81 bits per heavy atom. The highest BCUT2D eigenvalue weighted by Gasteiger charge is 2.11. The number of para-hydroxylation sites is 2. The van der Waals surface area contributed by atoms with E-state index >= 15 is 0 Å². The van der Waals surface area contributed by atoms with Gasteiger partial charge in [0, 0.05) is 37.3 Å². The minimum Gasteiger partial charge on any atom is -0.370 e. The summed E-state index contributed by atoms with van der Waals surface area (Å²) in [6.07, 6.45) is 5.41. The van der Waals surface area contributed by atoms with Gasteiger partial charge in [0.05, 0.1) is 23.1 Å². The number of nitrogens with zero attached hydrogens (tertiary/aromatic N) is 4. The normalized spacial score (nSPS) is 11.8. The highest BCUT2D eigenvalue weighted by molar-refractivity contribution is 7.98. The Morgan fingerprint density at radius 1 is 1.12 bits per heavy atom. The van der Waals surface area contributed by atoms with E-state index in [-0.39, 0.29) is 0 Å². The number of imidazole rings is 2. The van der Waals surface area contributed by atoms with Gasteiger partial charge in [-0.15, -0.1) is 0 Å². The molecule has 0 spiro atoms. The Balaban J connectivity index is 1.24. The van der Waals surface area contributed by atoms with Gasteiger partial charge in [0.15, 0.2) is 5.96 Å². The Labute approximate surface area is 192 Å². The smallest absolute Gasteiger partial charge is 0.188 e. The lowest BCUT2D eigenvalue weighted by Gasteiger charge is -2.10. The average Bonchev–Trinajstić information content (AvgIpc) is 3.46. The lowest BCUT2D eigenvalue weighted by atomic mass is 10.2. The Morgan fingerprint density at radius 2 is 1.97 bits per heavy atom. The maximum absolute atomic E-state index is 5.98. The van der Waals surface area contributed by atoms with Gasteiger partial charge in [-0.25, -0.2) is 9.97 Å². The summed E-state index contributed by atoms with van der Waals surface area (Å²) >= 11 is 1.85.